The normalized spacial score (nSPS) is 22.6. The summed E-state index contributed by atoms with van der Waals surface area (Å²) in [6.07, 6.45) is 3.77. The molecule has 0 amide bonds. The number of nitrogens with two attached hydrogens (primary N) is 1. The number of methoxy groups -OCH3 is 1. The van der Waals surface area contributed by atoms with Gasteiger partial charge in [0, 0.05) is 18.7 Å². The molecule has 5 heteroatoms. The lowest BCUT2D eigenvalue weighted by molar-refractivity contribution is 0.369. The minimum atomic E-state index is -0.404. The molecule has 4 nitrogen and oxygen atoms in total. The standard InChI is InChI=1S/C15H20FN3O/c1-9-4-3-5-10(9)8-19-13-7-14(20-2)11(16)6-12(13)18-15(19)17/h6-7,9-10H,3-5,8H2,1-2H3,(H2,17,18). The molecule has 2 unspecified atom stereocenters. The minimum absolute atomic E-state index is 0.234. The monoisotopic (exact) mass is 277 g/mol. The van der Waals surface area contributed by atoms with Gasteiger partial charge in [-0.3, -0.25) is 0 Å². The Labute approximate surface area is 117 Å². The van der Waals surface area contributed by atoms with Gasteiger partial charge in [0.2, 0.25) is 5.95 Å². The predicted molar refractivity (Wildman–Crippen MR) is 77.2 cm³/mol. The van der Waals surface area contributed by atoms with Gasteiger partial charge in [-0.15, -0.1) is 0 Å². The smallest absolute Gasteiger partial charge is 0.201 e. The second kappa shape index (κ2) is 4.96. The van der Waals surface area contributed by atoms with Crippen LogP contribution in [-0.2, 0) is 6.54 Å². The van der Waals surface area contributed by atoms with E-state index in [1.165, 1.54) is 32.4 Å². The molecule has 0 spiro atoms. The molecule has 2 aromatic rings. The maximum absolute atomic E-state index is 13.7. The first kappa shape index (κ1) is 13.2. The van der Waals surface area contributed by atoms with Crippen molar-refractivity contribution in [2.45, 2.75) is 32.7 Å². The van der Waals surface area contributed by atoms with E-state index in [0.717, 1.165) is 12.1 Å². The number of fused-ring (bicyclic) bond motifs is 1. The van der Waals surface area contributed by atoms with Gasteiger partial charge >= 0.3 is 0 Å². The maximum Gasteiger partial charge on any atom is 0.201 e. The second-order valence-corrected chi connectivity index (χ2v) is 5.72. The molecular formula is C15H20FN3O. The number of hydrogen-bond acceptors (Lipinski definition) is 3. The quantitative estimate of drug-likeness (QED) is 0.937. The van der Waals surface area contributed by atoms with Gasteiger partial charge in [-0.2, -0.15) is 0 Å². The van der Waals surface area contributed by atoms with E-state index in [0.29, 0.717) is 23.3 Å². The van der Waals surface area contributed by atoms with Gasteiger partial charge in [0.15, 0.2) is 11.6 Å². The number of hydrogen-bond donors (Lipinski definition) is 1. The molecule has 3 rings (SSSR count). The van der Waals surface area contributed by atoms with E-state index in [1.54, 1.807) is 6.07 Å². The number of anilines is 1. The molecule has 108 valence electrons. The van der Waals surface area contributed by atoms with Crippen molar-refractivity contribution in [1.29, 1.82) is 0 Å². The van der Waals surface area contributed by atoms with Crippen LogP contribution >= 0.6 is 0 Å². The van der Waals surface area contributed by atoms with E-state index < -0.39 is 5.82 Å². The molecule has 2 N–H and O–H groups in total. The van der Waals surface area contributed by atoms with E-state index in [4.69, 9.17) is 10.5 Å². The zero-order chi connectivity index (χ0) is 14.3. The molecule has 1 aliphatic carbocycles. The topological polar surface area (TPSA) is 53.1 Å². The third kappa shape index (κ3) is 2.11. The molecule has 1 fully saturated rings. The first-order valence-electron chi connectivity index (χ1n) is 7.09. The summed E-state index contributed by atoms with van der Waals surface area (Å²) in [5.74, 6) is 1.60. The Morgan fingerprint density at radius 2 is 2.25 bits per heavy atom. The lowest BCUT2D eigenvalue weighted by atomic mass is 9.98. The zero-order valence-corrected chi connectivity index (χ0v) is 11.9. The lowest BCUT2D eigenvalue weighted by Crippen LogP contribution is -2.14. The first-order chi connectivity index (χ1) is 9.60. The molecule has 2 atom stereocenters. The summed E-state index contributed by atoms with van der Waals surface area (Å²) >= 11 is 0. The lowest BCUT2D eigenvalue weighted by Gasteiger charge is -2.17. The number of benzene rings is 1. The summed E-state index contributed by atoms with van der Waals surface area (Å²) in [6, 6.07) is 3.08. The average molecular weight is 277 g/mol. The molecule has 1 aromatic heterocycles. The van der Waals surface area contributed by atoms with Crippen molar-refractivity contribution in [3.63, 3.8) is 0 Å². The number of rotatable bonds is 3. The van der Waals surface area contributed by atoms with Gasteiger partial charge in [0.25, 0.3) is 0 Å². The number of nitrogen functional groups attached to an aromatic ring is 1. The Morgan fingerprint density at radius 1 is 1.45 bits per heavy atom. The number of imidazole rings is 1. The number of aromatic nitrogens is 2. The van der Waals surface area contributed by atoms with Crippen molar-refractivity contribution in [3.05, 3.63) is 17.9 Å². The highest BCUT2D eigenvalue weighted by Gasteiger charge is 2.25. The summed E-state index contributed by atoms with van der Waals surface area (Å²) in [5.41, 5.74) is 7.44. The fourth-order valence-corrected chi connectivity index (χ4v) is 3.22. The van der Waals surface area contributed by atoms with Crippen LogP contribution in [0.2, 0.25) is 0 Å². The third-order valence-electron chi connectivity index (χ3n) is 4.51. The summed E-state index contributed by atoms with van der Waals surface area (Å²) in [7, 11) is 1.47. The number of halogens is 1. The Hall–Kier alpha value is -1.78. The molecule has 1 aromatic carbocycles. The molecule has 1 saturated carbocycles. The summed E-state index contributed by atoms with van der Waals surface area (Å²) < 4.78 is 20.8. The van der Waals surface area contributed by atoms with Gasteiger partial charge in [-0.25, -0.2) is 9.37 Å². The highest BCUT2D eigenvalue weighted by molar-refractivity contribution is 5.80. The fraction of sp³-hybridized carbons (Fsp3) is 0.533. The van der Waals surface area contributed by atoms with E-state index in [2.05, 4.69) is 11.9 Å². The van der Waals surface area contributed by atoms with Crippen LogP contribution in [0, 0.1) is 17.7 Å². The van der Waals surface area contributed by atoms with Crippen LogP contribution in [0.1, 0.15) is 26.2 Å². The zero-order valence-electron chi connectivity index (χ0n) is 11.9. The maximum atomic E-state index is 13.7. The predicted octanol–water partition coefficient (Wildman–Crippen LogP) is 3.20. The Morgan fingerprint density at radius 3 is 2.90 bits per heavy atom. The van der Waals surface area contributed by atoms with Crippen molar-refractivity contribution in [3.8, 4) is 5.75 Å². The van der Waals surface area contributed by atoms with Crippen LogP contribution in [0.25, 0.3) is 11.0 Å². The molecule has 20 heavy (non-hydrogen) atoms. The van der Waals surface area contributed by atoms with Gasteiger partial charge in [-0.1, -0.05) is 19.8 Å². The van der Waals surface area contributed by atoms with Gasteiger partial charge in [-0.05, 0) is 18.3 Å². The highest BCUT2D eigenvalue weighted by atomic mass is 19.1. The number of ether oxygens (including phenoxy) is 1. The van der Waals surface area contributed by atoms with Crippen molar-refractivity contribution in [1.82, 2.24) is 9.55 Å². The molecule has 0 saturated heterocycles. The highest BCUT2D eigenvalue weighted by Crippen LogP contribution is 2.34. The molecule has 0 radical (unpaired) electrons. The van der Waals surface area contributed by atoms with Crippen LogP contribution in [0.3, 0.4) is 0 Å². The second-order valence-electron chi connectivity index (χ2n) is 5.72. The van der Waals surface area contributed by atoms with Gasteiger partial charge < -0.3 is 15.0 Å². The average Bonchev–Trinajstić information content (AvgIpc) is 2.94. The van der Waals surface area contributed by atoms with Crippen LogP contribution in [0.15, 0.2) is 12.1 Å². The van der Waals surface area contributed by atoms with Crippen molar-refractivity contribution in [2.75, 3.05) is 12.8 Å². The van der Waals surface area contributed by atoms with E-state index in [1.807, 2.05) is 4.57 Å². The van der Waals surface area contributed by atoms with Gasteiger partial charge in [0.05, 0.1) is 18.1 Å². The molecular weight excluding hydrogens is 257 g/mol. The molecule has 0 bridgehead atoms. The largest absolute Gasteiger partial charge is 0.494 e. The summed E-state index contributed by atoms with van der Waals surface area (Å²) in [6.45, 7) is 3.13. The summed E-state index contributed by atoms with van der Waals surface area (Å²) in [5, 5.41) is 0. The van der Waals surface area contributed by atoms with Crippen LogP contribution in [0.4, 0.5) is 10.3 Å². The SMILES string of the molecule is COc1cc2c(cc1F)nc(N)n2CC1CCCC1C. The van der Waals surface area contributed by atoms with Gasteiger partial charge in [0.1, 0.15) is 0 Å². The Bertz CT molecular complexity index is 638. The van der Waals surface area contributed by atoms with E-state index in [9.17, 15) is 4.39 Å². The minimum Gasteiger partial charge on any atom is -0.494 e. The Kier molecular flexibility index (Phi) is 3.28. The number of nitrogens with zero attached hydrogens (tertiary/aromatic N) is 2. The van der Waals surface area contributed by atoms with E-state index >= 15 is 0 Å². The van der Waals surface area contributed by atoms with Crippen molar-refractivity contribution >= 4 is 17.0 Å². The molecule has 0 aliphatic heterocycles. The molecule has 1 heterocycles. The van der Waals surface area contributed by atoms with E-state index in [-0.39, 0.29) is 5.75 Å². The fourth-order valence-electron chi connectivity index (χ4n) is 3.22. The van der Waals surface area contributed by atoms with Crippen LogP contribution in [-0.4, -0.2) is 16.7 Å². The first-order valence-corrected chi connectivity index (χ1v) is 7.09. The van der Waals surface area contributed by atoms with Crippen LogP contribution < -0.4 is 10.5 Å². The Balaban J connectivity index is 2.03. The van der Waals surface area contributed by atoms with Crippen molar-refractivity contribution < 1.29 is 9.13 Å². The van der Waals surface area contributed by atoms with Crippen molar-refractivity contribution in [2.24, 2.45) is 11.8 Å². The third-order valence-corrected chi connectivity index (χ3v) is 4.51. The van der Waals surface area contributed by atoms with Crippen LogP contribution in [0.5, 0.6) is 5.75 Å². The summed E-state index contributed by atoms with van der Waals surface area (Å²) in [4.78, 5) is 4.26. The molecule has 1 aliphatic rings.